The van der Waals surface area contributed by atoms with Crippen LogP contribution < -0.4 is 10.2 Å². The van der Waals surface area contributed by atoms with E-state index in [0.29, 0.717) is 30.5 Å². The fraction of sp³-hybridized carbons (Fsp3) is 0.565. The molecule has 0 saturated carbocycles. The average Bonchev–Trinajstić information content (AvgIpc) is 2.76. The third-order valence-electron chi connectivity index (χ3n) is 5.20. The lowest BCUT2D eigenvalue weighted by Crippen LogP contribution is -2.46. The number of hydrogen-bond acceptors (Lipinski definition) is 7. The van der Waals surface area contributed by atoms with Gasteiger partial charge in [0, 0.05) is 44.9 Å². The molecule has 2 unspecified atom stereocenters. The van der Waals surface area contributed by atoms with E-state index in [0.717, 1.165) is 17.0 Å². The highest BCUT2D eigenvalue weighted by Crippen LogP contribution is 2.22. The standard InChI is InChI=1S/C18H23FN6O.C5H12/c1-12-8-17(22-10-13(12)9-20-2)23-16-4-6-21-18(24-16)25-7-5-15(26-3)14(19)11-25;1-4-5(2)3/h4,6,8-10,14-15H,5,7,11H2,1-3H3,(H,21,22,23,24);5H,4H2,1-3H3. The highest BCUT2D eigenvalue weighted by Gasteiger charge is 2.30. The Balaban J connectivity index is 0.000000614. The van der Waals surface area contributed by atoms with Crippen molar-refractivity contribution in [3.05, 3.63) is 35.7 Å². The van der Waals surface area contributed by atoms with Gasteiger partial charge >= 0.3 is 0 Å². The van der Waals surface area contributed by atoms with Gasteiger partial charge in [-0.1, -0.05) is 27.2 Å². The number of aryl methyl sites for hydroxylation is 1. The van der Waals surface area contributed by atoms with Gasteiger partial charge in [-0.15, -0.1) is 0 Å². The van der Waals surface area contributed by atoms with Crippen LogP contribution in [0.4, 0.5) is 22.0 Å². The van der Waals surface area contributed by atoms with E-state index in [1.54, 1.807) is 38.8 Å². The molecule has 1 aliphatic heterocycles. The molecule has 31 heavy (non-hydrogen) atoms. The molecule has 2 atom stereocenters. The first-order chi connectivity index (χ1) is 14.9. The lowest BCUT2D eigenvalue weighted by atomic mass is 10.1. The number of halogens is 1. The van der Waals surface area contributed by atoms with Crippen molar-refractivity contribution in [3.8, 4) is 0 Å². The molecule has 3 rings (SSSR count). The van der Waals surface area contributed by atoms with Crippen LogP contribution in [0.1, 0.15) is 44.7 Å². The van der Waals surface area contributed by atoms with E-state index in [-0.39, 0.29) is 12.6 Å². The Morgan fingerprint density at radius 1 is 1.35 bits per heavy atom. The smallest absolute Gasteiger partial charge is 0.227 e. The summed E-state index contributed by atoms with van der Waals surface area (Å²) in [5, 5.41) is 3.17. The normalized spacial score (nSPS) is 18.8. The zero-order valence-corrected chi connectivity index (χ0v) is 19.5. The van der Waals surface area contributed by atoms with Crippen LogP contribution in [0.2, 0.25) is 0 Å². The molecular weight excluding hydrogens is 395 g/mol. The largest absolute Gasteiger partial charge is 0.378 e. The third-order valence-corrected chi connectivity index (χ3v) is 5.20. The van der Waals surface area contributed by atoms with Crippen molar-refractivity contribution in [2.45, 2.75) is 52.8 Å². The molecule has 0 bridgehead atoms. The molecule has 1 saturated heterocycles. The molecule has 1 aliphatic rings. The topological polar surface area (TPSA) is 75.5 Å². The quantitative estimate of drug-likeness (QED) is 0.676. The van der Waals surface area contributed by atoms with Gasteiger partial charge in [0.05, 0.1) is 12.6 Å². The Bertz CT molecular complexity index is 845. The number of nitrogens with zero attached hydrogens (tertiary/aromatic N) is 5. The highest BCUT2D eigenvalue weighted by molar-refractivity contribution is 5.81. The molecule has 0 aliphatic carbocycles. The van der Waals surface area contributed by atoms with Gasteiger partial charge in [-0.3, -0.25) is 4.99 Å². The Labute approximate surface area is 185 Å². The van der Waals surface area contributed by atoms with E-state index in [2.05, 4.69) is 46.0 Å². The Hall–Kier alpha value is -2.61. The van der Waals surface area contributed by atoms with Gasteiger partial charge in [0.2, 0.25) is 5.95 Å². The van der Waals surface area contributed by atoms with Crippen molar-refractivity contribution in [1.29, 1.82) is 0 Å². The van der Waals surface area contributed by atoms with Crippen LogP contribution in [0.25, 0.3) is 0 Å². The summed E-state index contributed by atoms with van der Waals surface area (Å²) in [4.78, 5) is 19.0. The van der Waals surface area contributed by atoms with Gasteiger partial charge in [0.25, 0.3) is 0 Å². The Morgan fingerprint density at radius 3 is 2.68 bits per heavy atom. The van der Waals surface area contributed by atoms with Crippen molar-refractivity contribution in [2.75, 3.05) is 37.5 Å². The molecule has 0 amide bonds. The van der Waals surface area contributed by atoms with E-state index in [4.69, 9.17) is 4.74 Å². The summed E-state index contributed by atoms with van der Waals surface area (Å²) in [6, 6.07) is 3.69. The molecule has 1 N–H and O–H groups in total. The Kier molecular flexibility index (Phi) is 9.78. The third kappa shape index (κ3) is 7.54. The number of aliphatic imine (C=N–C) groups is 1. The fourth-order valence-corrected chi connectivity index (χ4v) is 2.94. The number of alkyl halides is 1. The van der Waals surface area contributed by atoms with Gasteiger partial charge in [-0.2, -0.15) is 4.98 Å². The summed E-state index contributed by atoms with van der Waals surface area (Å²) < 4.78 is 19.3. The molecule has 0 spiro atoms. The fourth-order valence-electron chi connectivity index (χ4n) is 2.94. The van der Waals surface area contributed by atoms with Crippen LogP contribution in [0.5, 0.6) is 0 Å². The number of pyridine rings is 1. The number of piperidine rings is 1. The Morgan fingerprint density at radius 2 is 2.10 bits per heavy atom. The number of methoxy groups -OCH3 is 1. The van der Waals surface area contributed by atoms with Crippen molar-refractivity contribution in [2.24, 2.45) is 10.9 Å². The van der Waals surface area contributed by atoms with Crippen LogP contribution >= 0.6 is 0 Å². The first-order valence-corrected chi connectivity index (χ1v) is 10.8. The molecular formula is C23H35FN6O. The van der Waals surface area contributed by atoms with Crippen molar-refractivity contribution in [1.82, 2.24) is 15.0 Å². The molecule has 0 aromatic carbocycles. The second-order valence-corrected chi connectivity index (χ2v) is 8.01. The van der Waals surface area contributed by atoms with Crippen molar-refractivity contribution >= 4 is 23.8 Å². The second-order valence-electron chi connectivity index (χ2n) is 8.01. The van der Waals surface area contributed by atoms with Crippen LogP contribution in [-0.4, -0.2) is 60.7 Å². The molecule has 1 fully saturated rings. The van der Waals surface area contributed by atoms with Crippen LogP contribution in [0, 0.1) is 12.8 Å². The molecule has 2 aromatic heterocycles. The van der Waals surface area contributed by atoms with Gasteiger partial charge in [0.1, 0.15) is 17.8 Å². The molecule has 7 nitrogen and oxygen atoms in total. The zero-order valence-electron chi connectivity index (χ0n) is 19.5. The minimum atomic E-state index is -1.05. The van der Waals surface area contributed by atoms with Crippen LogP contribution in [-0.2, 0) is 4.74 Å². The van der Waals surface area contributed by atoms with E-state index in [1.807, 2.05) is 17.9 Å². The maximum atomic E-state index is 14.1. The predicted octanol–water partition coefficient (Wildman–Crippen LogP) is 4.59. The lowest BCUT2D eigenvalue weighted by Gasteiger charge is -2.33. The van der Waals surface area contributed by atoms with Gasteiger partial charge in [-0.05, 0) is 37.0 Å². The van der Waals surface area contributed by atoms with Crippen LogP contribution in [0.3, 0.4) is 0 Å². The maximum absolute atomic E-state index is 14.1. The molecule has 0 radical (unpaired) electrons. The zero-order chi connectivity index (χ0) is 22.8. The summed E-state index contributed by atoms with van der Waals surface area (Å²) >= 11 is 0. The number of ether oxygens (including phenoxy) is 1. The van der Waals surface area contributed by atoms with E-state index in [1.165, 1.54) is 6.42 Å². The minimum absolute atomic E-state index is 0.227. The van der Waals surface area contributed by atoms with Crippen LogP contribution in [0.15, 0.2) is 29.5 Å². The molecule has 8 heteroatoms. The highest BCUT2D eigenvalue weighted by atomic mass is 19.1. The number of hydrogen-bond donors (Lipinski definition) is 1. The first-order valence-electron chi connectivity index (χ1n) is 10.8. The summed E-state index contributed by atoms with van der Waals surface area (Å²) in [5.74, 6) is 2.68. The summed E-state index contributed by atoms with van der Waals surface area (Å²) in [5.41, 5.74) is 2.03. The average molecular weight is 431 g/mol. The number of rotatable bonds is 6. The summed E-state index contributed by atoms with van der Waals surface area (Å²) in [6.07, 6.45) is 5.70. The number of anilines is 3. The molecule has 170 valence electrons. The van der Waals surface area contributed by atoms with Gasteiger partial charge in [0.15, 0.2) is 0 Å². The molecule has 3 heterocycles. The van der Waals surface area contributed by atoms with E-state index >= 15 is 0 Å². The SMILES string of the molecule is CCC(C)C.CN=Cc1cnc(Nc2ccnc(N3CCC(OC)C(F)C3)n2)cc1C. The lowest BCUT2D eigenvalue weighted by molar-refractivity contribution is 0.0194. The van der Waals surface area contributed by atoms with Crippen molar-refractivity contribution in [3.63, 3.8) is 0 Å². The second kappa shape index (κ2) is 12.3. The van der Waals surface area contributed by atoms with Gasteiger partial charge in [-0.25, -0.2) is 14.4 Å². The van der Waals surface area contributed by atoms with Gasteiger partial charge < -0.3 is 15.0 Å². The number of aromatic nitrogens is 3. The minimum Gasteiger partial charge on any atom is -0.378 e. The molecule has 2 aromatic rings. The summed E-state index contributed by atoms with van der Waals surface area (Å²) in [7, 11) is 3.27. The first kappa shape index (κ1) is 24.7. The monoisotopic (exact) mass is 430 g/mol. The summed E-state index contributed by atoms with van der Waals surface area (Å²) in [6.45, 7) is 9.52. The maximum Gasteiger partial charge on any atom is 0.227 e. The van der Waals surface area contributed by atoms with Crippen molar-refractivity contribution < 1.29 is 9.13 Å². The number of nitrogens with one attached hydrogen (secondary N) is 1. The van der Waals surface area contributed by atoms with E-state index < -0.39 is 6.17 Å². The van der Waals surface area contributed by atoms with E-state index in [9.17, 15) is 4.39 Å². The predicted molar refractivity (Wildman–Crippen MR) is 125 cm³/mol.